The summed E-state index contributed by atoms with van der Waals surface area (Å²) in [5, 5.41) is 2.31. The van der Waals surface area contributed by atoms with E-state index in [4.69, 9.17) is 9.40 Å². The number of fused-ring (bicyclic) bond motifs is 2. The van der Waals surface area contributed by atoms with E-state index >= 15 is 0 Å². The van der Waals surface area contributed by atoms with E-state index in [1.54, 1.807) is 10.4 Å². The molecule has 0 saturated heterocycles. The van der Waals surface area contributed by atoms with E-state index in [-0.39, 0.29) is 32.5 Å². The third kappa shape index (κ3) is 4.58. The molecule has 3 aromatic rings. The van der Waals surface area contributed by atoms with Crippen LogP contribution in [0.3, 0.4) is 0 Å². The van der Waals surface area contributed by atoms with Gasteiger partial charge in [0.2, 0.25) is 0 Å². The summed E-state index contributed by atoms with van der Waals surface area (Å²) in [6, 6.07) is 6.77. The molecular formula is C33H47NOS2. The van der Waals surface area contributed by atoms with Gasteiger partial charge in [0.1, 0.15) is 11.5 Å². The lowest BCUT2D eigenvalue weighted by atomic mass is 9.70. The van der Waals surface area contributed by atoms with Gasteiger partial charge >= 0.3 is 0 Å². The minimum atomic E-state index is 0.00876. The zero-order valence-corrected chi connectivity index (χ0v) is 26.4. The van der Waals surface area contributed by atoms with Crippen molar-refractivity contribution in [2.75, 3.05) is 0 Å². The lowest BCUT2D eigenvalue weighted by Gasteiger charge is -2.35. The molecule has 3 heterocycles. The number of rotatable bonds is 7. The van der Waals surface area contributed by atoms with Crippen LogP contribution < -0.4 is 0 Å². The Morgan fingerprint density at radius 1 is 0.784 bits per heavy atom. The van der Waals surface area contributed by atoms with Crippen LogP contribution in [0.15, 0.2) is 33.5 Å². The molecule has 3 atom stereocenters. The van der Waals surface area contributed by atoms with Crippen LogP contribution in [-0.4, -0.2) is 4.98 Å². The van der Waals surface area contributed by atoms with E-state index in [2.05, 4.69) is 98.3 Å². The second-order valence-corrected chi connectivity index (χ2v) is 17.2. The molecule has 0 aromatic carbocycles. The van der Waals surface area contributed by atoms with Crippen molar-refractivity contribution in [2.24, 2.45) is 0 Å². The van der Waals surface area contributed by atoms with E-state index in [0.29, 0.717) is 0 Å². The van der Waals surface area contributed by atoms with Gasteiger partial charge in [-0.3, -0.25) is 0 Å². The molecule has 202 valence electrons. The number of thiophene rings is 1. The van der Waals surface area contributed by atoms with Crippen molar-refractivity contribution < 1.29 is 4.42 Å². The summed E-state index contributed by atoms with van der Waals surface area (Å²) in [6.45, 7) is 23.8. The summed E-state index contributed by atoms with van der Waals surface area (Å²) in [4.78, 5) is 8.18. The van der Waals surface area contributed by atoms with Gasteiger partial charge in [-0.15, -0.1) is 22.7 Å². The molecule has 0 fully saturated rings. The van der Waals surface area contributed by atoms with Crippen LogP contribution in [-0.2, 0) is 32.5 Å². The van der Waals surface area contributed by atoms with E-state index < -0.39 is 0 Å². The van der Waals surface area contributed by atoms with Crippen LogP contribution in [0.5, 0.6) is 0 Å². The first-order chi connectivity index (χ1) is 17.0. The van der Waals surface area contributed by atoms with Crippen molar-refractivity contribution in [2.45, 2.75) is 140 Å². The summed E-state index contributed by atoms with van der Waals surface area (Å²) in [6.07, 6.45) is 7.18. The van der Waals surface area contributed by atoms with Gasteiger partial charge in [-0.2, -0.15) is 0 Å². The fourth-order valence-electron chi connectivity index (χ4n) is 7.57. The first-order valence-corrected chi connectivity index (χ1v) is 15.9. The third-order valence-corrected chi connectivity index (χ3v) is 12.1. The number of hydrogen-bond donors (Lipinski definition) is 0. The maximum atomic E-state index is 6.39. The molecule has 0 aliphatic heterocycles. The normalized spacial score (nSPS) is 29.0. The van der Waals surface area contributed by atoms with Crippen LogP contribution in [0.1, 0.15) is 140 Å². The van der Waals surface area contributed by atoms with Crippen LogP contribution in [0.2, 0.25) is 0 Å². The molecular weight excluding hydrogens is 491 g/mol. The highest BCUT2D eigenvalue weighted by molar-refractivity contribution is 7.10. The van der Waals surface area contributed by atoms with Crippen LogP contribution >= 0.6 is 22.7 Å². The van der Waals surface area contributed by atoms with Gasteiger partial charge in [-0.05, 0) is 73.1 Å². The molecule has 2 aliphatic carbocycles. The quantitative estimate of drug-likeness (QED) is 0.300. The topological polar surface area (TPSA) is 26.0 Å². The Kier molecular flexibility index (Phi) is 6.28. The zero-order valence-electron chi connectivity index (χ0n) is 24.8. The maximum Gasteiger partial charge on any atom is 0.109 e. The van der Waals surface area contributed by atoms with Gasteiger partial charge < -0.3 is 4.42 Å². The SMILES string of the molecule is CC(C)(C)c1ccc(C(C)(C)CC[C@@]2(C)C[C@](C)(CC[C@]3(C)CC(C)(C)c4ccsc43)c3ncsc32)o1. The molecule has 0 N–H and O–H groups in total. The lowest BCUT2D eigenvalue weighted by molar-refractivity contribution is 0.251. The Morgan fingerprint density at radius 2 is 1.43 bits per heavy atom. The molecule has 0 bridgehead atoms. The standard InChI is InChI=1S/C33H47NOS2/c1-28(2,3)23-11-12-24(35-23)29(4,5)14-15-33(10)20-31(8,25-27(33)37-21-34-25)16-17-32(9)19-30(6,7)22-13-18-36-26(22)32/h11-13,18,21H,14-17,19-20H2,1-10H3/t31-,32+,33-/m0/s1. The van der Waals surface area contributed by atoms with Crippen LogP contribution in [0, 0.1) is 0 Å². The van der Waals surface area contributed by atoms with Crippen molar-refractivity contribution in [3.05, 3.63) is 61.6 Å². The van der Waals surface area contributed by atoms with Gasteiger partial charge in [0, 0.05) is 36.8 Å². The fourth-order valence-corrected chi connectivity index (χ4v) is 9.97. The number of thiazole rings is 1. The zero-order chi connectivity index (χ0) is 27.1. The molecule has 4 heteroatoms. The molecule has 37 heavy (non-hydrogen) atoms. The Morgan fingerprint density at radius 3 is 2.11 bits per heavy atom. The second kappa shape index (κ2) is 8.55. The molecule has 0 spiro atoms. The molecule has 2 nitrogen and oxygen atoms in total. The lowest BCUT2D eigenvalue weighted by Crippen LogP contribution is -2.30. The van der Waals surface area contributed by atoms with E-state index in [1.165, 1.54) is 36.3 Å². The number of hydrogen-bond acceptors (Lipinski definition) is 4. The minimum absolute atomic E-state index is 0.00876. The average molecular weight is 538 g/mol. The van der Waals surface area contributed by atoms with Gasteiger partial charge in [-0.25, -0.2) is 4.98 Å². The van der Waals surface area contributed by atoms with E-state index in [9.17, 15) is 0 Å². The molecule has 0 unspecified atom stereocenters. The van der Waals surface area contributed by atoms with Crippen LogP contribution in [0.4, 0.5) is 0 Å². The van der Waals surface area contributed by atoms with Crippen molar-refractivity contribution in [3.63, 3.8) is 0 Å². The highest BCUT2D eigenvalue weighted by Crippen LogP contribution is 2.59. The summed E-state index contributed by atoms with van der Waals surface area (Å²) in [7, 11) is 0. The highest BCUT2D eigenvalue weighted by atomic mass is 32.1. The van der Waals surface area contributed by atoms with Gasteiger partial charge in [0.25, 0.3) is 0 Å². The van der Waals surface area contributed by atoms with Crippen molar-refractivity contribution in [3.8, 4) is 0 Å². The van der Waals surface area contributed by atoms with Crippen LogP contribution in [0.25, 0.3) is 0 Å². The molecule has 2 aliphatic rings. The molecule has 3 aromatic heterocycles. The summed E-state index contributed by atoms with van der Waals surface area (Å²) in [5.74, 6) is 2.20. The molecule has 0 saturated carbocycles. The second-order valence-electron chi connectivity index (χ2n) is 15.4. The smallest absolute Gasteiger partial charge is 0.109 e. The number of nitrogens with zero attached hydrogens (tertiary/aromatic N) is 1. The molecule has 0 amide bonds. The van der Waals surface area contributed by atoms with E-state index in [1.807, 2.05) is 22.7 Å². The minimum Gasteiger partial charge on any atom is -0.465 e. The monoisotopic (exact) mass is 537 g/mol. The van der Waals surface area contributed by atoms with E-state index in [0.717, 1.165) is 24.4 Å². The predicted octanol–water partition coefficient (Wildman–Crippen LogP) is 10.2. The predicted molar refractivity (Wildman–Crippen MR) is 160 cm³/mol. The largest absolute Gasteiger partial charge is 0.465 e. The summed E-state index contributed by atoms with van der Waals surface area (Å²) in [5.41, 5.74) is 6.00. The van der Waals surface area contributed by atoms with Gasteiger partial charge in [-0.1, -0.05) is 69.2 Å². The fraction of sp³-hybridized carbons (Fsp3) is 0.667. The molecule has 0 radical (unpaired) electrons. The Labute approximate surface area is 233 Å². The Bertz CT molecular complexity index is 1280. The van der Waals surface area contributed by atoms with Gasteiger partial charge in [0.05, 0.1) is 11.2 Å². The maximum absolute atomic E-state index is 6.39. The van der Waals surface area contributed by atoms with Crippen molar-refractivity contribution in [1.82, 2.24) is 4.98 Å². The summed E-state index contributed by atoms with van der Waals surface area (Å²) >= 11 is 3.87. The number of furan rings is 1. The van der Waals surface area contributed by atoms with Gasteiger partial charge in [0.15, 0.2) is 0 Å². The Balaban J connectivity index is 1.33. The number of aromatic nitrogens is 1. The first-order valence-electron chi connectivity index (χ1n) is 14.1. The third-order valence-electron chi connectivity index (χ3n) is 9.78. The van der Waals surface area contributed by atoms with Crippen molar-refractivity contribution >= 4 is 22.7 Å². The highest BCUT2D eigenvalue weighted by Gasteiger charge is 2.52. The van der Waals surface area contributed by atoms with Crippen molar-refractivity contribution in [1.29, 1.82) is 0 Å². The molecule has 5 rings (SSSR count). The Hall–Kier alpha value is -1.39. The average Bonchev–Trinajstić information content (AvgIpc) is 3.57. The summed E-state index contributed by atoms with van der Waals surface area (Å²) < 4.78 is 6.39. The first kappa shape index (κ1) is 27.2.